The molecule has 0 aliphatic carbocycles. The van der Waals surface area contributed by atoms with Crippen molar-refractivity contribution in [3.05, 3.63) is 41.5 Å². The fourth-order valence-electron chi connectivity index (χ4n) is 1.59. The summed E-state index contributed by atoms with van der Waals surface area (Å²) in [6.07, 6.45) is 3.63. The Bertz CT molecular complexity index is 592. The second kappa shape index (κ2) is 8.61. The van der Waals surface area contributed by atoms with Gasteiger partial charge >= 0.3 is 11.9 Å². The van der Waals surface area contributed by atoms with Crippen LogP contribution in [-0.4, -0.2) is 31.6 Å². The van der Waals surface area contributed by atoms with Gasteiger partial charge in [-0.1, -0.05) is 19.1 Å². The first-order valence-electron chi connectivity index (χ1n) is 6.80. The summed E-state index contributed by atoms with van der Waals surface area (Å²) in [6, 6.07) is 4.81. The number of carbonyl (C=O) groups excluding carboxylic acids is 3. The molecule has 0 spiro atoms. The molecule has 0 aliphatic heterocycles. The third-order valence-electron chi connectivity index (χ3n) is 2.77. The van der Waals surface area contributed by atoms with E-state index < -0.39 is 24.5 Å². The highest BCUT2D eigenvalue weighted by molar-refractivity contribution is 5.96. The molecule has 1 amide bonds. The van der Waals surface area contributed by atoms with Gasteiger partial charge < -0.3 is 14.8 Å². The number of carbonyl (C=O) groups is 3. The lowest BCUT2D eigenvalue weighted by Gasteiger charge is -2.10. The highest BCUT2D eigenvalue weighted by atomic mass is 16.5. The number of anilines is 1. The summed E-state index contributed by atoms with van der Waals surface area (Å²) in [7, 11) is 1.28. The van der Waals surface area contributed by atoms with Gasteiger partial charge in [-0.2, -0.15) is 0 Å². The number of nitrogens with one attached hydrogen (secondary N) is 1. The molecule has 1 aromatic carbocycles. The van der Waals surface area contributed by atoms with Crippen molar-refractivity contribution in [1.29, 1.82) is 0 Å². The van der Waals surface area contributed by atoms with Crippen LogP contribution in [0.4, 0.5) is 5.69 Å². The van der Waals surface area contributed by atoms with E-state index in [2.05, 4.69) is 10.1 Å². The number of allylic oxidation sites excluding steroid dienone is 1. The SMILES string of the molecule is CC/C=C/C(=O)OCC(=O)Nc1cc(C(=O)OC)ccc1C. The molecular weight excluding hydrogens is 286 g/mol. The fourth-order valence-corrected chi connectivity index (χ4v) is 1.59. The molecule has 0 saturated heterocycles. The van der Waals surface area contributed by atoms with Crippen molar-refractivity contribution in [3.63, 3.8) is 0 Å². The van der Waals surface area contributed by atoms with Crippen LogP contribution in [0.3, 0.4) is 0 Å². The molecule has 0 heterocycles. The van der Waals surface area contributed by atoms with Crippen molar-refractivity contribution in [2.24, 2.45) is 0 Å². The van der Waals surface area contributed by atoms with Gasteiger partial charge in [0.2, 0.25) is 0 Å². The molecular formula is C16H19NO5. The molecule has 0 bridgehead atoms. The molecule has 6 nitrogen and oxygen atoms in total. The van der Waals surface area contributed by atoms with Crippen LogP contribution < -0.4 is 5.32 Å². The molecule has 6 heteroatoms. The van der Waals surface area contributed by atoms with Gasteiger partial charge in [-0.15, -0.1) is 0 Å². The second-order valence-corrected chi connectivity index (χ2v) is 4.49. The van der Waals surface area contributed by atoms with E-state index in [1.54, 1.807) is 25.1 Å². The van der Waals surface area contributed by atoms with Gasteiger partial charge in [0.15, 0.2) is 6.61 Å². The Labute approximate surface area is 129 Å². The molecule has 1 N–H and O–H groups in total. The first kappa shape index (κ1) is 17.4. The van der Waals surface area contributed by atoms with Crippen molar-refractivity contribution in [1.82, 2.24) is 0 Å². The summed E-state index contributed by atoms with van der Waals surface area (Å²) in [5.74, 6) is -1.55. The molecule has 118 valence electrons. The largest absolute Gasteiger partial charge is 0.465 e. The number of benzene rings is 1. The van der Waals surface area contributed by atoms with E-state index >= 15 is 0 Å². The first-order chi connectivity index (χ1) is 10.5. The van der Waals surface area contributed by atoms with Gasteiger partial charge in [0.1, 0.15) is 0 Å². The Morgan fingerprint density at radius 3 is 2.64 bits per heavy atom. The molecule has 0 atom stereocenters. The van der Waals surface area contributed by atoms with E-state index in [0.29, 0.717) is 17.7 Å². The summed E-state index contributed by atoms with van der Waals surface area (Å²) >= 11 is 0. The zero-order valence-corrected chi connectivity index (χ0v) is 12.8. The Balaban J connectivity index is 2.66. The molecule has 0 aliphatic rings. The monoisotopic (exact) mass is 305 g/mol. The van der Waals surface area contributed by atoms with E-state index in [9.17, 15) is 14.4 Å². The van der Waals surface area contributed by atoms with Crippen molar-refractivity contribution >= 4 is 23.5 Å². The van der Waals surface area contributed by atoms with E-state index in [-0.39, 0.29) is 0 Å². The quantitative estimate of drug-likeness (QED) is 0.644. The smallest absolute Gasteiger partial charge is 0.337 e. The van der Waals surface area contributed by atoms with Crippen LogP contribution in [0.15, 0.2) is 30.4 Å². The van der Waals surface area contributed by atoms with E-state index in [1.165, 1.54) is 19.3 Å². The Morgan fingerprint density at radius 2 is 2.00 bits per heavy atom. The van der Waals surface area contributed by atoms with Gasteiger partial charge in [0.25, 0.3) is 5.91 Å². The minimum absolute atomic E-state index is 0.325. The van der Waals surface area contributed by atoms with Gasteiger partial charge in [-0.3, -0.25) is 4.79 Å². The topological polar surface area (TPSA) is 81.7 Å². The highest BCUT2D eigenvalue weighted by Gasteiger charge is 2.11. The fraction of sp³-hybridized carbons (Fsp3) is 0.312. The lowest BCUT2D eigenvalue weighted by atomic mass is 10.1. The minimum atomic E-state index is -0.572. The van der Waals surface area contributed by atoms with Crippen LogP contribution >= 0.6 is 0 Å². The minimum Gasteiger partial charge on any atom is -0.465 e. The maximum atomic E-state index is 11.8. The van der Waals surface area contributed by atoms with Gasteiger partial charge in [0.05, 0.1) is 12.7 Å². The number of hydrogen-bond acceptors (Lipinski definition) is 5. The van der Waals surface area contributed by atoms with Crippen molar-refractivity contribution < 1.29 is 23.9 Å². The third kappa shape index (κ3) is 5.40. The van der Waals surface area contributed by atoms with Crippen molar-refractivity contribution in [3.8, 4) is 0 Å². The molecule has 0 radical (unpaired) electrons. The number of rotatable bonds is 6. The molecule has 22 heavy (non-hydrogen) atoms. The van der Waals surface area contributed by atoms with E-state index in [4.69, 9.17) is 4.74 Å². The maximum absolute atomic E-state index is 11.8. The maximum Gasteiger partial charge on any atom is 0.337 e. The lowest BCUT2D eigenvalue weighted by molar-refractivity contribution is -0.142. The Morgan fingerprint density at radius 1 is 1.27 bits per heavy atom. The van der Waals surface area contributed by atoms with Crippen LogP contribution in [0.1, 0.15) is 29.3 Å². The predicted molar refractivity (Wildman–Crippen MR) is 81.5 cm³/mol. The van der Waals surface area contributed by atoms with Gasteiger partial charge in [-0.25, -0.2) is 9.59 Å². The predicted octanol–water partition coefficient (Wildman–Crippen LogP) is 2.23. The number of esters is 2. The molecule has 0 unspecified atom stereocenters. The normalized spacial score (nSPS) is 10.3. The van der Waals surface area contributed by atoms with Crippen molar-refractivity contribution in [2.75, 3.05) is 19.0 Å². The highest BCUT2D eigenvalue weighted by Crippen LogP contribution is 2.17. The summed E-state index contributed by atoms with van der Waals surface area (Å²) in [5, 5.41) is 2.59. The first-order valence-corrected chi connectivity index (χ1v) is 6.80. The van der Waals surface area contributed by atoms with Crippen LogP contribution in [0.2, 0.25) is 0 Å². The Hall–Kier alpha value is -2.63. The van der Waals surface area contributed by atoms with Gasteiger partial charge in [-0.05, 0) is 31.0 Å². The number of amides is 1. The van der Waals surface area contributed by atoms with Crippen LogP contribution in [-0.2, 0) is 19.1 Å². The van der Waals surface area contributed by atoms with Crippen molar-refractivity contribution in [2.45, 2.75) is 20.3 Å². The van der Waals surface area contributed by atoms with E-state index in [1.807, 2.05) is 6.92 Å². The molecule has 1 aromatic rings. The standard InChI is InChI=1S/C16H19NO5/c1-4-5-6-15(19)22-10-14(18)17-13-9-12(16(20)21-3)8-7-11(13)2/h5-9H,4,10H2,1-3H3,(H,17,18)/b6-5+. The summed E-state index contributed by atoms with van der Waals surface area (Å²) in [4.78, 5) is 34.5. The molecule has 0 aromatic heterocycles. The van der Waals surface area contributed by atoms with E-state index in [0.717, 1.165) is 5.56 Å². The number of ether oxygens (including phenoxy) is 2. The molecule has 1 rings (SSSR count). The zero-order valence-electron chi connectivity index (χ0n) is 12.8. The number of methoxy groups -OCH3 is 1. The van der Waals surface area contributed by atoms with Crippen LogP contribution in [0.5, 0.6) is 0 Å². The number of aryl methyl sites for hydroxylation is 1. The third-order valence-corrected chi connectivity index (χ3v) is 2.77. The lowest BCUT2D eigenvalue weighted by Crippen LogP contribution is -2.21. The molecule has 0 saturated carbocycles. The van der Waals surface area contributed by atoms with Gasteiger partial charge in [0, 0.05) is 11.8 Å². The molecule has 0 fully saturated rings. The summed E-state index contributed by atoms with van der Waals surface area (Å²) < 4.78 is 9.41. The average Bonchev–Trinajstić information content (AvgIpc) is 2.52. The van der Waals surface area contributed by atoms with Crippen LogP contribution in [0, 0.1) is 6.92 Å². The zero-order chi connectivity index (χ0) is 16.5. The second-order valence-electron chi connectivity index (χ2n) is 4.49. The summed E-state index contributed by atoms with van der Waals surface area (Å²) in [5.41, 5.74) is 1.57. The number of hydrogen-bond donors (Lipinski definition) is 1. The summed E-state index contributed by atoms with van der Waals surface area (Å²) in [6.45, 7) is 3.27. The Kier molecular flexibility index (Phi) is 6.82. The average molecular weight is 305 g/mol. The van der Waals surface area contributed by atoms with Crippen LogP contribution in [0.25, 0.3) is 0 Å².